The molecule has 0 aromatic heterocycles. The van der Waals surface area contributed by atoms with Crippen LogP contribution in [0.15, 0.2) is 112 Å². The van der Waals surface area contributed by atoms with E-state index in [1.165, 1.54) is 31.2 Å². The Hall–Kier alpha value is -4.15. The standard InChI is InChI=1S/C33H34BrN3O5S/c1-24-12-14-28(15-13-24)37(43(40,41)30-18-16-29(42-3)17-19-30)23-32(38)36(22-26-10-7-11-27(34)20-26)31(33(39)35-2)21-25-8-5-4-6-9-25/h4-20,31H,21-23H2,1-3H3,(H,35,39)/t31-/m1/s1. The molecule has 0 fully saturated rings. The molecular weight excluding hydrogens is 630 g/mol. The Morgan fingerprint density at radius 2 is 1.53 bits per heavy atom. The number of nitrogens with zero attached hydrogens (tertiary/aromatic N) is 2. The van der Waals surface area contributed by atoms with Gasteiger partial charge in [0.25, 0.3) is 10.0 Å². The maximum atomic E-state index is 14.3. The number of benzene rings is 4. The van der Waals surface area contributed by atoms with Gasteiger partial charge in [-0.25, -0.2) is 8.42 Å². The number of anilines is 1. The summed E-state index contributed by atoms with van der Waals surface area (Å²) in [6.07, 6.45) is 0.246. The van der Waals surface area contributed by atoms with E-state index in [4.69, 9.17) is 4.74 Å². The molecule has 0 saturated heterocycles. The molecule has 2 amide bonds. The monoisotopic (exact) mass is 663 g/mol. The van der Waals surface area contributed by atoms with Crippen LogP contribution in [0.5, 0.6) is 5.75 Å². The van der Waals surface area contributed by atoms with Crippen LogP contribution in [0.4, 0.5) is 5.69 Å². The fraction of sp³-hybridized carbons (Fsp3) is 0.212. The molecule has 224 valence electrons. The zero-order valence-electron chi connectivity index (χ0n) is 24.2. The predicted molar refractivity (Wildman–Crippen MR) is 171 cm³/mol. The molecule has 4 aromatic carbocycles. The lowest BCUT2D eigenvalue weighted by molar-refractivity contribution is -0.139. The van der Waals surface area contributed by atoms with E-state index >= 15 is 0 Å². The number of ether oxygens (including phenoxy) is 1. The van der Waals surface area contributed by atoms with E-state index in [0.29, 0.717) is 11.4 Å². The fourth-order valence-corrected chi connectivity index (χ4v) is 6.53. The van der Waals surface area contributed by atoms with Crippen molar-refractivity contribution >= 4 is 43.5 Å². The Balaban J connectivity index is 1.78. The molecule has 0 aliphatic rings. The van der Waals surface area contributed by atoms with Gasteiger partial charge < -0.3 is 15.0 Å². The molecule has 0 bridgehead atoms. The van der Waals surface area contributed by atoms with Crippen molar-refractivity contribution in [1.82, 2.24) is 10.2 Å². The molecule has 0 heterocycles. The summed E-state index contributed by atoms with van der Waals surface area (Å²) in [5.74, 6) is -0.374. The third-order valence-electron chi connectivity index (χ3n) is 7.01. The first-order valence-corrected chi connectivity index (χ1v) is 15.9. The van der Waals surface area contributed by atoms with Crippen molar-refractivity contribution in [3.05, 3.63) is 124 Å². The van der Waals surface area contributed by atoms with Gasteiger partial charge in [0, 0.05) is 24.5 Å². The van der Waals surface area contributed by atoms with Crippen molar-refractivity contribution in [3.8, 4) is 5.75 Å². The first-order valence-electron chi connectivity index (χ1n) is 13.6. The number of carbonyl (C=O) groups excluding carboxylic acids is 2. The van der Waals surface area contributed by atoms with Gasteiger partial charge in [-0.15, -0.1) is 0 Å². The summed E-state index contributed by atoms with van der Waals surface area (Å²) in [6.45, 7) is 1.47. The molecule has 10 heteroatoms. The average molecular weight is 665 g/mol. The lowest BCUT2D eigenvalue weighted by atomic mass is 10.0. The molecule has 1 N–H and O–H groups in total. The molecule has 4 rings (SSSR count). The Kier molecular flexibility index (Phi) is 10.6. The summed E-state index contributed by atoms with van der Waals surface area (Å²) in [4.78, 5) is 29.1. The van der Waals surface area contributed by atoms with Crippen LogP contribution in [0, 0.1) is 6.92 Å². The second-order valence-electron chi connectivity index (χ2n) is 9.99. The largest absolute Gasteiger partial charge is 0.497 e. The number of rotatable bonds is 12. The van der Waals surface area contributed by atoms with Crippen LogP contribution in [0.3, 0.4) is 0 Å². The van der Waals surface area contributed by atoms with Crippen LogP contribution in [-0.4, -0.2) is 51.9 Å². The van der Waals surface area contributed by atoms with Gasteiger partial charge in [0.2, 0.25) is 11.8 Å². The zero-order valence-corrected chi connectivity index (χ0v) is 26.6. The Morgan fingerprint density at radius 1 is 0.884 bits per heavy atom. The topological polar surface area (TPSA) is 96.0 Å². The van der Waals surface area contributed by atoms with Gasteiger partial charge >= 0.3 is 0 Å². The fourth-order valence-electron chi connectivity index (χ4n) is 4.67. The molecule has 0 spiro atoms. The highest BCUT2D eigenvalue weighted by Gasteiger charge is 2.34. The van der Waals surface area contributed by atoms with Gasteiger partial charge in [-0.2, -0.15) is 0 Å². The normalized spacial score (nSPS) is 11.8. The number of aryl methyl sites for hydroxylation is 1. The molecule has 0 unspecified atom stereocenters. The van der Waals surface area contributed by atoms with Crippen molar-refractivity contribution in [2.75, 3.05) is 25.0 Å². The average Bonchev–Trinajstić information content (AvgIpc) is 3.02. The van der Waals surface area contributed by atoms with Gasteiger partial charge in [-0.1, -0.05) is 76.1 Å². The minimum absolute atomic E-state index is 0.00681. The highest BCUT2D eigenvalue weighted by molar-refractivity contribution is 9.10. The summed E-state index contributed by atoms with van der Waals surface area (Å²) in [7, 11) is -1.17. The third kappa shape index (κ3) is 8.03. The van der Waals surface area contributed by atoms with E-state index in [9.17, 15) is 18.0 Å². The first-order chi connectivity index (χ1) is 20.6. The summed E-state index contributed by atoms with van der Waals surface area (Å²) >= 11 is 3.48. The summed E-state index contributed by atoms with van der Waals surface area (Å²) < 4.78 is 35.2. The molecule has 1 atom stereocenters. The molecule has 43 heavy (non-hydrogen) atoms. The number of hydrogen-bond acceptors (Lipinski definition) is 5. The number of methoxy groups -OCH3 is 1. The molecule has 0 aliphatic heterocycles. The number of carbonyl (C=O) groups is 2. The lowest BCUT2D eigenvalue weighted by Gasteiger charge is -2.33. The van der Waals surface area contributed by atoms with Crippen LogP contribution in [0.25, 0.3) is 0 Å². The van der Waals surface area contributed by atoms with Crippen molar-refractivity contribution in [2.24, 2.45) is 0 Å². The minimum Gasteiger partial charge on any atom is -0.497 e. The van der Waals surface area contributed by atoms with Crippen LogP contribution < -0.4 is 14.4 Å². The third-order valence-corrected chi connectivity index (χ3v) is 9.29. The van der Waals surface area contributed by atoms with E-state index in [2.05, 4.69) is 21.2 Å². The van der Waals surface area contributed by atoms with E-state index in [-0.39, 0.29) is 23.8 Å². The van der Waals surface area contributed by atoms with Crippen LogP contribution >= 0.6 is 15.9 Å². The van der Waals surface area contributed by atoms with E-state index in [1.54, 1.807) is 36.4 Å². The van der Waals surface area contributed by atoms with Gasteiger partial charge in [0.05, 0.1) is 17.7 Å². The number of likely N-dealkylation sites (N-methyl/N-ethyl adjacent to an activating group) is 1. The SMILES string of the molecule is CNC(=O)[C@@H](Cc1ccccc1)N(Cc1cccc(Br)c1)C(=O)CN(c1ccc(C)cc1)S(=O)(=O)c1ccc(OC)cc1. The smallest absolute Gasteiger partial charge is 0.264 e. The molecule has 0 saturated carbocycles. The Morgan fingerprint density at radius 3 is 2.14 bits per heavy atom. The second kappa shape index (κ2) is 14.3. The van der Waals surface area contributed by atoms with Crippen LogP contribution in [0.1, 0.15) is 16.7 Å². The second-order valence-corrected chi connectivity index (χ2v) is 12.8. The van der Waals surface area contributed by atoms with E-state index in [0.717, 1.165) is 25.5 Å². The quantitative estimate of drug-likeness (QED) is 0.221. The maximum Gasteiger partial charge on any atom is 0.264 e. The van der Waals surface area contributed by atoms with Crippen molar-refractivity contribution in [1.29, 1.82) is 0 Å². The van der Waals surface area contributed by atoms with Gasteiger partial charge in [0.15, 0.2) is 0 Å². The van der Waals surface area contributed by atoms with Crippen molar-refractivity contribution in [3.63, 3.8) is 0 Å². The van der Waals surface area contributed by atoms with Gasteiger partial charge in [0.1, 0.15) is 18.3 Å². The zero-order chi connectivity index (χ0) is 31.0. The molecule has 8 nitrogen and oxygen atoms in total. The molecule has 0 aliphatic carbocycles. The lowest BCUT2D eigenvalue weighted by Crippen LogP contribution is -2.53. The van der Waals surface area contributed by atoms with Crippen LogP contribution in [0.2, 0.25) is 0 Å². The highest BCUT2D eigenvalue weighted by Crippen LogP contribution is 2.27. The van der Waals surface area contributed by atoms with Gasteiger partial charge in [-0.05, 0) is 66.6 Å². The molecule has 4 aromatic rings. The number of nitrogens with one attached hydrogen (secondary N) is 1. The summed E-state index contributed by atoms with van der Waals surface area (Å²) in [6, 6.07) is 28.9. The molecule has 0 radical (unpaired) electrons. The van der Waals surface area contributed by atoms with Crippen LogP contribution in [-0.2, 0) is 32.6 Å². The van der Waals surface area contributed by atoms with E-state index in [1.807, 2.05) is 61.5 Å². The highest BCUT2D eigenvalue weighted by atomic mass is 79.9. The number of sulfonamides is 1. The van der Waals surface area contributed by atoms with Crippen molar-refractivity contribution < 1.29 is 22.7 Å². The Bertz CT molecular complexity index is 1650. The minimum atomic E-state index is -4.19. The maximum absolute atomic E-state index is 14.3. The van der Waals surface area contributed by atoms with Gasteiger partial charge in [-0.3, -0.25) is 13.9 Å². The summed E-state index contributed by atoms with van der Waals surface area (Å²) in [5.41, 5.74) is 2.92. The number of hydrogen-bond donors (Lipinski definition) is 1. The molecular formula is C33H34BrN3O5S. The Labute approximate surface area is 261 Å². The predicted octanol–water partition coefficient (Wildman–Crippen LogP) is 5.35. The van der Waals surface area contributed by atoms with Crippen molar-refractivity contribution in [2.45, 2.75) is 30.8 Å². The summed E-state index contributed by atoms with van der Waals surface area (Å²) in [5, 5.41) is 2.69. The number of halogens is 1. The first kappa shape index (κ1) is 31.8. The number of amides is 2. The van der Waals surface area contributed by atoms with E-state index < -0.39 is 28.5 Å².